The Balaban J connectivity index is 3.06. The van der Waals surface area contributed by atoms with Crippen LogP contribution in [0.1, 0.15) is 81.1 Å². The minimum absolute atomic E-state index is 0.116. The smallest absolute Gasteiger partial charge is 0.193 e. The molecule has 1 atom stereocenters. The maximum Gasteiger partial charge on any atom is 0.193 e. The molecule has 0 saturated carbocycles. The molecule has 0 saturated heterocycles. The van der Waals surface area contributed by atoms with Gasteiger partial charge < -0.3 is 4.43 Å². The molecule has 1 nitrogen and oxygen atoms in total. The summed E-state index contributed by atoms with van der Waals surface area (Å²) in [7, 11) is -1.58. The highest BCUT2D eigenvalue weighted by Crippen LogP contribution is 2.41. The molecule has 0 heterocycles. The minimum Gasteiger partial charge on any atom is -0.408 e. The second kappa shape index (κ2) is 8.16. The average molecular weight is 337 g/mol. The summed E-state index contributed by atoms with van der Waals surface area (Å²) in [5, 5.41) is 0. The Bertz CT molecular complexity index is 434. The zero-order chi connectivity index (χ0) is 17.7. The monoisotopic (exact) mass is 336 g/mol. The first-order valence-electron chi connectivity index (χ1n) is 9.77. The van der Waals surface area contributed by atoms with Crippen LogP contribution in [0, 0.1) is 5.41 Å². The fourth-order valence-corrected chi connectivity index (χ4v) is 7.09. The van der Waals surface area contributed by atoms with Gasteiger partial charge in [-0.15, -0.1) is 0 Å². The van der Waals surface area contributed by atoms with E-state index in [1.165, 1.54) is 37.4 Å². The Kier molecular flexibility index (Phi) is 7.34. The molecular weight excluding hydrogens is 296 g/mol. The second-order valence-corrected chi connectivity index (χ2v) is 13.0. The van der Waals surface area contributed by atoms with Gasteiger partial charge in [0.25, 0.3) is 0 Å². The summed E-state index contributed by atoms with van der Waals surface area (Å²) in [6.45, 7) is 18.6. The van der Waals surface area contributed by atoms with Crippen LogP contribution in [-0.4, -0.2) is 13.9 Å². The predicted molar refractivity (Wildman–Crippen MR) is 106 cm³/mol. The second-order valence-electron chi connectivity index (χ2n) is 8.28. The van der Waals surface area contributed by atoms with Crippen molar-refractivity contribution in [2.24, 2.45) is 5.41 Å². The van der Waals surface area contributed by atoms with Crippen molar-refractivity contribution in [3.05, 3.63) is 23.3 Å². The molecule has 134 valence electrons. The summed E-state index contributed by atoms with van der Waals surface area (Å²) in [5.74, 6) is 0. The Morgan fingerprint density at radius 3 is 2.13 bits per heavy atom. The molecule has 0 spiro atoms. The Morgan fingerprint density at radius 1 is 1.13 bits per heavy atom. The quantitative estimate of drug-likeness (QED) is 0.424. The average Bonchev–Trinajstić information content (AvgIpc) is 2.52. The molecule has 0 N–H and O–H groups in total. The standard InChI is InChI=1S/C21H40OSi/c1-9-21(8,22-23(10-2,11-3)12-4)17-15-19-18(5)14-13-16-20(19,6)7/h15,17H,9-14,16H2,1-8H3/b17-15+. The number of hydrogen-bond donors (Lipinski definition) is 0. The molecular formula is C21H40OSi. The van der Waals surface area contributed by atoms with Crippen LogP contribution >= 0.6 is 0 Å². The van der Waals surface area contributed by atoms with E-state index in [4.69, 9.17) is 4.43 Å². The topological polar surface area (TPSA) is 9.23 Å². The fourth-order valence-electron chi connectivity index (χ4n) is 3.96. The molecule has 1 aliphatic rings. The number of rotatable bonds is 8. The van der Waals surface area contributed by atoms with Gasteiger partial charge in [0.05, 0.1) is 5.60 Å². The first-order chi connectivity index (χ1) is 10.7. The van der Waals surface area contributed by atoms with Crippen LogP contribution in [-0.2, 0) is 4.43 Å². The number of hydrogen-bond acceptors (Lipinski definition) is 1. The van der Waals surface area contributed by atoms with Crippen molar-refractivity contribution < 1.29 is 4.43 Å². The van der Waals surface area contributed by atoms with Gasteiger partial charge in [0.2, 0.25) is 0 Å². The van der Waals surface area contributed by atoms with Crippen LogP contribution in [0.2, 0.25) is 18.1 Å². The van der Waals surface area contributed by atoms with Crippen molar-refractivity contribution in [1.29, 1.82) is 0 Å². The van der Waals surface area contributed by atoms with Gasteiger partial charge in [0.1, 0.15) is 0 Å². The van der Waals surface area contributed by atoms with Crippen LogP contribution in [0.5, 0.6) is 0 Å². The molecule has 0 aromatic heterocycles. The molecule has 0 amide bonds. The van der Waals surface area contributed by atoms with Crippen LogP contribution in [0.25, 0.3) is 0 Å². The lowest BCUT2D eigenvalue weighted by molar-refractivity contribution is 0.121. The first kappa shape index (κ1) is 20.7. The van der Waals surface area contributed by atoms with E-state index in [1.807, 2.05) is 0 Å². The molecule has 23 heavy (non-hydrogen) atoms. The van der Waals surface area contributed by atoms with E-state index in [0.717, 1.165) is 6.42 Å². The molecule has 1 rings (SSSR count). The lowest BCUT2D eigenvalue weighted by Gasteiger charge is -2.39. The van der Waals surface area contributed by atoms with Crippen molar-refractivity contribution in [1.82, 2.24) is 0 Å². The summed E-state index contributed by atoms with van der Waals surface area (Å²) >= 11 is 0. The highest BCUT2D eigenvalue weighted by Gasteiger charge is 2.36. The van der Waals surface area contributed by atoms with E-state index in [0.29, 0.717) is 5.41 Å². The first-order valence-corrected chi connectivity index (χ1v) is 12.3. The van der Waals surface area contributed by atoms with Crippen molar-refractivity contribution in [3.8, 4) is 0 Å². The molecule has 1 unspecified atom stereocenters. The lowest BCUT2D eigenvalue weighted by Crippen LogP contribution is -2.44. The van der Waals surface area contributed by atoms with E-state index in [-0.39, 0.29) is 5.60 Å². The van der Waals surface area contributed by atoms with E-state index < -0.39 is 8.32 Å². The van der Waals surface area contributed by atoms with Crippen molar-refractivity contribution in [2.75, 3.05) is 0 Å². The largest absolute Gasteiger partial charge is 0.408 e. The molecule has 0 fully saturated rings. The van der Waals surface area contributed by atoms with Gasteiger partial charge >= 0.3 is 0 Å². The van der Waals surface area contributed by atoms with Crippen molar-refractivity contribution in [2.45, 2.75) is 105 Å². The molecule has 0 aromatic rings. The van der Waals surface area contributed by atoms with Crippen LogP contribution in [0.15, 0.2) is 23.3 Å². The van der Waals surface area contributed by atoms with E-state index in [1.54, 1.807) is 11.1 Å². The van der Waals surface area contributed by atoms with Crippen LogP contribution in [0.3, 0.4) is 0 Å². The predicted octanol–water partition coefficient (Wildman–Crippen LogP) is 7.26. The maximum atomic E-state index is 6.85. The maximum absolute atomic E-state index is 6.85. The van der Waals surface area contributed by atoms with Gasteiger partial charge in [-0.2, -0.15) is 0 Å². The van der Waals surface area contributed by atoms with E-state index >= 15 is 0 Å². The van der Waals surface area contributed by atoms with E-state index in [2.05, 4.69) is 67.5 Å². The number of allylic oxidation sites excluding steroid dienone is 3. The fraction of sp³-hybridized carbons (Fsp3) is 0.810. The summed E-state index contributed by atoms with van der Waals surface area (Å²) in [4.78, 5) is 0. The third kappa shape index (κ3) is 5.06. The van der Waals surface area contributed by atoms with Crippen LogP contribution < -0.4 is 0 Å². The lowest BCUT2D eigenvalue weighted by atomic mass is 9.72. The van der Waals surface area contributed by atoms with Gasteiger partial charge in [-0.3, -0.25) is 0 Å². The molecule has 2 heteroatoms. The molecule has 0 aromatic carbocycles. The zero-order valence-corrected chi connectivity index (χ0v) is 18.0. The Hall–Kier alpha value is -0.343. The van der Waals surface area contributed by atoms with Crippen molar-refractivity contribution in [3.63, 3.8) is 0 Å². The summed E-state index contributed by atoms with van der Waals surface area (Å²) in [6.07, 6.45) is 9.70. The minimum atomic E-state index is -1.58. The van der Waals surface area contributed by atoms with Gasteiger partial charge in [-0.1, -0.05) is 59.3 Å². The Morgan fingerprint density at radius 2 is 1.70 bits per heavy atom. The molecule has 1 aliphatic carbocycles. The molecule has 0 radical (unpaired) electrons. The van der Waals surface area contributed by atoms with Crippen molar-refractivity contribution >= 4 is 8.32 Å². The molecule has 0 bridgehead atoms. The SMILES string of the molecule is CCC(C)(/C=C/C1=C(C)CCCC1(C)C)O[Si](CC)(CC)CC. The highest BCUT2D eigenvalue weighted by atomic mass is 28.4. The normalized spacial score (nSPS) is 21.7. The van der Waals surface area contributed by atoms with Gasteiger partial charge in [0.15, 0.2) is 8.32 Å². The van der Waals surface area contributed by atoms with Gasteiger partial charge in [-0.25, -0.2) is 0 Å². The van der Waals surface area contributed by atoms with Gasteiger partial charge in [-0.05, 0) is 68.7 Å². The summed E-state index contributed by atoms with van der Waals surface area (Å²) in [5.41, 5.74) is 3.31. The third-order valence-corrected chi connectivity index (χ3v) is 11.0. The van der Waals surface area contributed by atoms with Crippen LogP contribution in [0.4, 0.5) is 0 Å². The summed E-state index contributed by atoms with van der Waals surface area (Å²) < 4.78 is 6.85. The Labute approximate surface area is 146 Å². The zero-order valence-electron chi connectivity index (χ0n) is 17.0. The molecule has 0 aliphatic heterocycles. The highest BCUT2D eigenvalue weighted by molar-refractivity contribution is 6.73. The third-order valence-electron chi connectivity index (χ3n) is 6.23. The van der Waals surface area contributed by atoms with E-state index in [9.17, 15) is 0 Å². The summed E-state index contributed by atoms with van der Waals surface area (Å²) in [6, 6.07) is 3.66. The van der Waals surface area contributed by atoms with Gasteiger partial charge in [0, 0.05) is 0 Å².